The molecule has 2 aromatic rings. The molecule has 2 fully saturated rings. The van der Waals surface area contributed by atoms with Gasteiger partial charge in [0, 0.05) is 62.3 Å². The summed E-state index contributed by atoms with van der Waals surface area (Å²) in [6.07, 6.45) is 9.38. The Morgan fingerprint density at radius 2 is 2.08 bits per heavy atom. The summed E-state index contributed by atoms with van der Waals surface area (Å²) in [6.45, 7) is 4.28. The summed E-state index contributed by atoms with van der Waals surface area (Å²) in [5.74, 6) is 0.877. The molecule has 0 radical (unpaired) electrons. The topological polar surface area (TPSA) is 54.4 Å². The summed E-state index contributed by atoms with van der Waals surface area (Å²) in [6, 6.07) is 5.23. The molecule has 0 aliphatic carbocycles. The van der Waals surface area contributed by atoms with Gasteiger partial charge < -0.3 is 9.64 Å². The van der Waals surface area contributed by atoms with Crippen molar-refractivity contribution in [1.82, 2.24) is 19.9 Å². The van der Waals surface area contributed by atoms with Gasteiger partial charge in [0.2, 0.25) is 5.95 Å². The molecule has 130 valence electrons. The summed E-state index contributed by atoms with van der Waals surface area (Å²) >= 11 is 0. The van der Waals surface area contributed by atoms with Crippen LogP contribution in [0.3, 0.4) is 0 Å². The van der Waals surface area contributed by atoms with Crippen LogP contribution in [0.25, 0.3) is 0 Å². The van der Waals surface area contributed by atoms with Crippen molar-refractivity contribution in [2.75, 3.05) is 31.2 Å². The number of pyridine rings is 1. The Hall–Kier alpha value is -2.05. The predicted molar refractivity (Wildman–Crippen MR) is 94.3 cm³/mol. The van der Waals surface area contributed by atoms with Gasteiger partial charge in [-0.25, -0.2) is 9.97 Å². The molecule has 2 aromatic heterocycles. The number of hydrogen-bond acceptors (Lipinski definition) is 6. The van der Waals surface area contributed by atoms with Gasteiger partial charge >= 0.3 is 0 Å². The normalized spacial score (nSPS) is 25.8. The van der Waals surface area contributed by atoms with Crippen molar-refractivity contribution in [1.29, 1.82) is 0 Å². The Morgan fingerprint density at radius 3 is 2.92 bits per heavy atom. The molecule has 0 unspecified atom stereocenters. The Bertz CT molecular complexity index is 747. The van der Waals surface area contributed by atoms with Crippen molar-refractivity contribution in [3.63, 3.8) is 0 Å². The van der Waals surface area contributed by atoms with E-state index in [1.165, 1.54) is 29.7 Å². The molecule has 0 amide bonds. The van der Waals surface area contributed by atoms with Gasteiger partial charge in [0.05, 0.1) is 18.9 Å². The molecular weight excluding hydrogens is 314 g/mol. The summed E-state index contributed by atoms with van der Waals surface area (Å²) in [5.41, 5.74) is 3.87. The van der Waals surface area contributed by atoms with Crippen LogP contribution in [0, 0.1) is 0 Å². The van der Waals surface area contributed by atoms with Gasteiger partial charge in [0.15, 0.2) is 0 Å². The van der Waals surface area contributed by atoms with E-state index in [0.29, 0.717) is 12.1 Å². The largest absolute Gasteiger partial charge is 0.378 e. The molecule has 2 atom stereocenters. The van der Waals surface area contributed by atoms with Crippen molar-refractivity contribution < 1.29 is 4.74 Å². The highest BCUT2D eigenvalue weighted by Gasteiger charge is 2.40. The molecule has 5 heterocycles. The highest BCUT2D eigenvalue weighted by atomic mass is 16.5. The van der Waals surface area contributed by atoms with E-state index in [2.05, 4.69) is 27.0 Å². The summed E-state index contributed by atoms with van der Waals surface area (Å²) in [4.78, 5) is 18.8. The third-order valence-corrected chi connectivity index (χ3v) is 5.70. The smallest absolute Gasteiger partial charge is 0.225 e. The molecule has 0 spiro atoms. The Kier molecular flexibility index (Phi) is 3.87. The lowest BCUT2D eigenvalue weighted by atomic mass is 9.98. The van der Waals surface area contributed by atoms with Crippen LogP contribution < -0.4 is 4.90 Å². The van der Waals surface area contributed by atoms with E-state index in [4.69, 9.17) is 14.7 Å². The summed E-state index contributed by atoms with van der Waals surface area (Å²) < 4.78 is 5.44. The Labute approximate surface area is 147 Å². The zero-order valence-electron chi connectivity index (χ0n) is 14.3. The molecular formula is C19H23N5O. The van der Waals surface area contributed by atoms with E-state index in [-0.39, 0.29) is 0 Å². The minimum Gasteiger partial charge on any atom is -0.378 e. The Morgan fingerprint density at radius 1 is 1.16 bits per heavy atom. The van der Waals surface area contributed by atoms with Crippen LogP contribution in [-0.4, -0.2) is 52.2 Å². The molecule has 3 aliphatic rings. The van der Waals surface area contributed by atoms with Gasteiger partial charge in [-0.3, -0.25) is 9.88 Å². The lowest BCUT2D eigenvalue weighted by Gasteiger charge is -2.36. The molecule has 6 nitrogen and oxygen atoms in total. The van der Waals surface area contributed by atoms with Crippen LogP contribution in [0.4, 0.5) is 5.95 Å². The molecule has 2 saturated heterocycles. The van der Waals surface area contributed by atoms with Crippen molar-refractivity contribution in [2.24, 2.45) is 0 Å². The summed E-state index contributed by atoms with van der Waals surface area (Å²) in [7, 11) is 0. The van der Waals surface area contributed by atoms with Crippen LogP contribution in [-0.2, 0) is 17.7 Å². The second-order valence-corrected chi connectivity index (χ2v) is 7.16. The highest BCUT2D eigenvalue weighted by Crippen LogP contribution is 2.43. The number of fused-ring (bicyclic) bond motifs is 4. The molecule has 5 rings (SSSR count). The van der Waals surface area contributed by atoms with Crippen LogP contribution in [0.2, 0.25) is 0 Å². The molecule has 0 N–H and O–H groups in total. The van der Waals surface area contributed by atoms with Crippen LogP contribution in [0.15, 0.2) is 30.7 Å². The lowest BCUT2D eigenvalue weighted by molar-refractivity contribution is 0.122. The van der Waals surface area contributed by atoms with Crippen LogP contribution >= 0.6 is 0 Å². The maximum Gasteiger partial charge on any atom is 0.225 e. The Balaban J connectivity index is 1.40. The number of aromatic nitrogens is 3. The zero-order chi connectivity index (χ0) is 16.6. The maximum atomic E-state index is 5.44. The minimum atomic E-state index is 0.452. The fourth-order valence-corrected chi connectivity index (χ4v) is 4.43. The monoisotopic (exact) mass is 337 g/mol. The highest BCUT2D eigenvalue weighted by molar-refractivity contribution is 5.37. The molecule has 6 heteroatoms. The second-order valence-electron chi connectivity index (χ2n) is 7.16. The van der Waals surface area contributed by atoms with Crippen LogP contribution in [0.5, 0.6) is 0 Å². The van der Waals surface area contributed by atoms with E-state index in [1.807, 2.05) is 18.5 Å². The van der Waals surface area contributed by atoms with E-state index in [0.717, 1.165) is 45.2 Å². The van der Waals surface area contributed by atoms with Gasteiger partial charge in [-0.05, 0) is 24.5 Å². The van der Waals surface area contributed by atoms with Gasteiger partial charge in [-0.2, -0.15) is 0 Å². The third-order valence-electron chi connectivity index (χ3n) is 5.70. The first-order chi connectivity index (χ1) is 12.4. The fourth-order valence-electron chi connectivity index (χ4n) is 4.43. The van der Waals surface area contributed by atoms with E-state index < -0.39 is 0 Å². The van der Waals surface area contributed by atoms with E-state index in [9.17, 15) is 0 Å². The first-order valence-corrected chi connectivity index (χ1v) is 9.21. The number of hydrogen-bond donors (Lipinski definition) is 0. The average molecular weight is 337 g/mol. The first-order valence-electron chi connectivity index (χ1n) is 9.21. The molecule has 0 aromatic carbocycles. The first kappa shape index (κ1) is 15.2. The van der Waals surface area contributed by atoms with E-state index in [1.54, 1.807) is 0 Å². The van der Waals surface area contributed by atoms with Crippen LogP contribution in [0.1, 0.15) is 35.7 Å². The third kappa shape index (κ3) is 2.79. The van der Waals surface area contributed by atoms with Gasteiger partial charge in [0.1, 0.15) is 0 Å². The lowest BCUT2D eigenvalue weighted by Crippen LogP contribution is -2.40. The summed E-state index contributed by atoms with van der Waals surface area (Å²) in [5, 5.41) is 0. The minimum absolute atomic E-state index is 0.452. The van der Waals surface area contributed by atoms with Crippen molar-refractivity contribution >= 4 is 5.95 Å². The SMILES string of the molecule is c1cncc(CN2[C@@H]3CC[C@@H]2c2cnc(N4CCOCC4)nc2C3)c1. The van der Waals surface area contributed by atoms with Gasteiger partial charge in [-0.15, -0.1) is 0 Å². The van der Waals surface area contributed by atoms with E-state index >= 15 is 0 Å². The molecule has 25 heavy (non-hydrogen) atoms. The standard InChI is InChI=1S/C19H23N5O/c1-2-14(11-20-5-1)13-24-15-3-4-18(24)16-12-21-19(22-17(16)10-15)23-6-8-25-9-7-23/h1-2,5,11-12,15,18H,3-4,6-10,13H2/t15-,18-/m1/s1. The molecule has 2 bridgehead atoms. The number of rotatable bonds is 3. The van der Waals surface area contributed by atoms with Gasteiger partial charge in [-0.1, -0.05) is 6.07 Å². The predicted octanol–water partition coefficient (Wildman–Crippen LogP) is 1.97. The quantitative estimate of drug-likeness (QED) is 0.853. The van der Waals surface area contributed by atoms with Crippen molar-refractivity contribution in [2.45, 2.75) is 37.9 Å². The fraction of sp³-hybridized carbons (Fsp3) is 0.526. The molecule has 0 saturated carbocycles. The molecule has 3 aliphatic heterocycles. The zero-order valence-corrected chi connectivity index (χ0v) is 14.3. The van der Waals surface area contributed by atoms with Crippen molar-refractivity contribution in [3.05, 3.63) is 47.5 Å². The number of anilines is 1. The average Bonchev–Trinajstić information content (AvgIpc) is 2.95. The van der Waals surface area contributed by atoms with Gasteiger partial charge in [0.25, 0.3) is 0 Å². The number of ether oxygens (including phenoxy) is 1. The number of morpholine rings is 1. The second kappa shape index (κ2) is 6.35. The number of nitrogens with zero attached hydrogens (tertiary/aromatic N) is 5. The van der Waals surface area contributed by atoms with Crippen molar-refractivity contribution in [3.8, 4) is 0 Å². The maximum absolute atomic E-state index is 5.44.